The third-order valence-corrected chi connectivity index (χ3v) is 8.56. The maximum absolute atomic E-state index is 13.0. The normalized spacial score (nSPS) is 15.0. The molecule has 206 valence electrons. The van der Waals surface area contributed by atoms with Crippen LogP contribution in [0, 0.1) is 5.92 Å². The fraction of sp³-hybridized carbons (Fsp3) is 0.259. The predicted molar refractivity (Wildman–Crippen MR) is 155 cm³/mol. The van der Waals surface area contributed by atoms with Crippen LogP contribution in [0.3, 0.4) is 0 Å². The van der Waals surface area contributed by atoms with E-state index < -0.39 is 27.9 Å². The van der Waals surface area contributed by atoms with Gasteiger partial charge in [-0.2, -0.15) is 0 Å². The van der Waals surface area contributed by atoms with E-state index in [1.807, 2.05) is 48.5 Å². The molecule has 0 aliphatic carbocycles. The molecular weight excluding hydrogens is 583 g/mol. The quantitative estimate of drug-likeness (QED) is 0.307. The summed E-state index contributed by atoms with van der Waals surface area (Å²) in [5, 5.41) is 3.88. The Morgan fingerprint density at radius 2 is 1.46 bits per heavy atom. The van der Waals surface area contributed by atoms with Gasteiger partial charge < -0.3 is 11.1 Å². The van der Waals surface area contributed by atoms with Crippen LogP contribution in [0.4, 0.5) is 5.69 Å². The summed E-state index contributed by atoms with van der Waals surface area (Å²) >= 11 is 18.3. The lowest BCUT2D eigenvalue weighted by Gasteiger charge is -2.44. The van der Waals surface area contributed by atoms with Crippen LogP contribution in [-0.2, 0) is 14.8 Å². The van der Waals surface area contributed by atoms with E-state index in [4.69, 9.17) is 40.5 Å². The third-order valence-electron chi connectivity index (χ3n) is 6.38. The van der Waals surface area contributed by atoms with Gasteiger partial charge >= 0.3 is 0 Å². The van der Waals surface area contributed by atoms with Crippen molar-refractivity contribution in [2.75, 3.05) is 23.6 Å². The van der Waals surface area contributed by atoms with E-state index >= 15 is 0 Å². The molecular formula is C27H27Cl3N4O4S. The molecule has 0 saturated carbocycles. The number of nitrogens with two attached hydrogens (primary N) is 1. The average Bonchev–Trinajstić information content (AvgIpc) is 2.83. The molecule has 3 aromatic carbocycles. The van der Waals surface area contributed by atoms with E-state index in [2.05, 4.69) is 14.9 Å². The van der Waals surface area contributed by atoms with Gasteiger partial charge in [-0.3, -0.25) is 19.2 Å². The number of nitrogens with one attached hydrogen (secondary N) is 2. The maximum Gasteiger partial charge on any atom is 0.252 e. The fourth-order valence-electron chi connectivity index (χ4n) is 4.49. The molecule has 0 radical (unpaired) electrons. The summed E-state index contributed by atoms with van der Waals surface area (Å²) in [5.74, 6) is -1.52. The van der Waals surface area contributed by atoms with Gasteiger partial charge in [0.1, 0.15) is 6.04 Å². The first-order valence-electron chi connectivity index (χ1n) is 12.1. The number of anilines is 1. The number of benzene rings is 3. The lowest BCUT2D eigenvalue weighted by atomic mass is 9.91. The molecule has 0 bridgehead atoms. The van der Waals surface area contributed by atoms with Crippen LogP contribution in [-0.4, -0.2) is 50.0 Å². The number of carbonyl (C=O) groups excluding carboxylic acids is 2. The highest BCUT2D eigenvalue weighted by atomic mass is 35.5. The first kappa shape index (κ1) is 29.2. The maximum atomic E-state index is 13.0. The second kappa shape index (κ2) is 12.1. The number of amides is 2. The molecule has 1 saturated heterocycles. The molecule has 2 amide bonds. The molecule has 39 heavy (non-hydrogen) atoms. The molecule has 0 aromatic heterocycles. The Labute approximate surface area is 242 Å². The van der Waals surface area contributed by atoms with Crippen LogP contribution in [0.25, 0.3) is 0 Å². The minimum absolute atomic E-state index is 0.0803. The first-order chi connectivity index (χ1) is 18.4. The molecule has 1 aliphatic rings. The van der Waals surface area contributed by atoms with Crippen LogP contribution in [0.2, 0.25) is 15.1 Å². The van der Waals surface area contributed by atoms with Crippen molar-refractivity contribution >= 4 is 62.3 Å². The van der Waals surface area contributed by atoms with Crippen molar-refractivity contribution in [3.8, 4) is 0 Å². The lowest BCUT2D eigenvalue weighted by Crippen LogP contribution is -2.51. The molecule has 0 unspecified atom stereocenters. The van der Waals surface area contributed by atoms with Gasteiger partial charge in [0.2, 0.25) is 15.9 Å². The third kappa shape index (κ3) is 7.64. The molecule has 1 heterocycles. The zero-order chi connectivity index (χ0) is 28.3. The van der Waals surface area contributed by atoms with Crippen LogP contribution in [0.1, 0.15) is 34.5 Å². The summed E-state index contributed by atoms with van der Waals surface area (Å²) in [4.78, 5) is 25.9. The second-order valence-corrected chi connectivity index (χ2v) is 12.6. The van der Waals surface area contributed by atoms with Crippen molar-refractivity contribution in [1.82, 2.24) is 10.2 Å². The van der Waals surface area contributed by atoms with Gasteiger partial charge in [-0.05, 0) is 60.5 Å². The predicted octanol–water partition coefficient (Wildman–Crippen LogP) is 4.71. The average molecular weight is 610 g/mol. The van der Waals surface area contributed by atoms with E-state index in [1.165, 1.54) is 25.1 Å². The van der Waals surface area contributed by atoms with E-state index in [0.717, 1.165) is 11.1 Å². The number of sulfonamides is 1. The molecule has 1 aliphatic heterocycles. The summed E-state index contributed by atoms with van der Waals surface area (Å²) in [6, 6.07) is 18.3. The highest BCUT2D eigenvalue weighted by Crippen LogP contribution is 2.36. The lowest BCUT2D eigenvalue weighted by molar-refractivity contribution is -0.119. The van der Waals surface area contributed by atoms with E-state index in [1.54, 1.807) is 0 Å². The molecule has 3 aromatic rings. The number of primary amides is 1. The number of likely N-dealkylation sites (tertiary alicyclic amines) is 1. The summed E-state index contributed by atoms with van der Waals surface area (Å²) in [6.07, 6.45) is 0. The van der Waals surface area contributed by atoms with E-state index in [9.17, 15) is 18.0 Å². The number of nitrogens with zero attached hydrogens (tertiary/aromatic N) is 1. The van der Waals surface area contributed by atoms with Crippen LogP contribution < -0.4 is 15.8 Å². The number of halogens is 3. The van der Waals surface area contributed by atoms with Crippen molar-refractivity contribution < 1.29 is 18.0 Å². The molecule has 1 fully saturated rings. The summed E-state index contributed by atoms with van der Waals surface area (Å²) in [6.45, 7) is 2.57. The van der Waals surface area contributed by atoms with Crippen molar-refractivity contribution in [3.05, 3.63) is 98.5 Å². The van der Waals surface area contributed by atoms with Gasteiger partial charge in [0.05, 0.1) is 17.5 Å². The zero-order valence-electron chi connectivity index (χ0n) is 20.9. The fourth-order valence-corrected chi connectivity index (χ4v) is 6.37. The Kier molecular flexibility index (Phi) is 9.08. The van der Waals surface area contributed by atoms with Crippen LogP contribution in [0.5, 0.6) is 0 Å². The molecule has 0 spiro atoms. The van der Waals surface area contributed by atoms with E-state index in [0.29, 0.717) is 23.1 Å². The molecule has 1 atom stereocenters. The van der Waals surface area contributed by atoms with Gasteiger partial charge in [0.25, 0.3) is 5.91 Å². The number of hydrogen-bond acceptors (Lipinski definition) is 5. The Morgan fingerprint density at radius 3 is 1.97 bits per heavy atom. The van der Waals surface area contributed by atoms with Gasteiger partial charge in [-0.25, -0.2) is 8.42 Å². The standard InChI is InChI=1S/C27H27Cl3N4O4S/c1-16(26(31)35)32-27(36)20-10-23(30)12-24(11-20)33-39(37,38)15-17-13-34(14-17)25(18-2-6-21(28)7-3-18)19-4-8-22(29)9-5-19/h2-12,16-17,25,33H,13-15H2,1H3,(H2,31,35)(H,32,36)/t16-/m0/s1. The van der Waals surface area contributed by atoms with E-state index in [-0.39, 0.29) is 34.0 Å². The topological polar surface area (TPSA) is 122 Å². The minimum Gasteiger partial charge on any atom is -0.368 e. The Morgan fingerprint density at radius 1 is 0.923 bits per heavy atom. The SMILES string of the molecule is C[C@H](NC(=O)c1cc(Cl)cc(NS(=O)(=O)CC2CN(C(c3ccc(Cl)cc3)c3ccc(Cl)cc3)C2)c1)C(N)=O. The summed E-state index contributed by atoms with van der Waals surface area (Å²) < 4.78 is 28.5. The molecule has 12 heteroatoms. The first-order valence-corrected chi connectivity index (χ1v) is 14.8. The van der Waals surface area contributed by atoms with Crippen molar-refractivity contribution in [2.24, 2.45) is 11.7 Å². The van der Waals surface area contributed by atoms with Gasteiger partial charge in [-0.1, -0.05) is 59.1 Å². The summed E-state index contributed by atoms with van der Waals surface area (Å²) in [5.41, 5.74) is 7.51. The number of carbonyl (C=O) groups is 2. The molecule has 8 nitrogen and oxygen atoms in total. The zero-order valence-corrected chi connectivity index (χ0v) is 24.0. The smallest absolute Gasteiger partial charge is 0.252 e. The molecule has 4 N–H and O–H groups in total. The van der Waals surface area contributed by atoms with Crippen LogP contribution >= 0.6 is 34.8 Å². The van der Waals surface area contributed by atoms with Crippen molar-refractivity contribution in [3.63, 3.8) is 0 Å². The van der Waals surface area contributed by atoms with Crippen molar-refractivity contribution in [1.29, 1.82) is 0 Å². The number of hydrogen-bond donors (Lipinski definition) is 3. The Balaban J connectivity index is 1.43. The Bertz CT molecular complexity index is 1420. The number of rotatable bonds is 10. The Hall–Kier alpha value is -2.82. The summed E-state index contributed by atoms with van der Waals surface area (Å²) in [7, 11) is -3.76. The highest BCUT2D eigenvalue weighted by Gasteiger charge is 2.36. The molecule has 4 rings (SSSR count). The van der Waals surface area contributed by atoms with Crippen LogP contribution in [0.15, 0.2) is 66.7 Å². The monoisotopic (exact) mass is 608 g/mol. The highest BCUT2D eigenvalue weighted by molar-refractivity contribution is 7.92. The largest absolute Gasteiger partial charge is 0.368 e. The minimum atomic E-state index is -3.76. The van der Waals surface area contributed by atoms with Gasteiger partial charge in [0, 0.05) is 39.6 Å². The second-order valence-electron chi connectivity index (χ2n) is 9.54. The van der Waals surface area contributed by atoms with Gasteiger partial charge in [0.15, 0.2) is 0 Å². The van der Waals surface area contributed by atoms with Crippen molar-refractivity contribution in [2.45, 2.75) is 19.0 Å². The van der Waals surface area contributed by atoms with Gasteiger partial charge in [-0.15, -0.1) is 0 Å².